The SMILES string of the molecule is CCc1cccc(CC)c1C(=O)P(=O)(C(=O)c1c(OC)cccc1OC)C1CCCCC1. The molecular formula is C26H33O5P. The molecule has 2 aromatic carbocycles. The molecule has 172 valence electrons. The topological polar surface area (TPSA) is 69.7 Å². The average molecular weight is 457 g/mol. The predicted molar refractivity (Wildman–Crippen MR) is 128 cm³/mol. The molecule has 0 bridgehead atoms. The van der Waals surface area contributed by atoms with Gasteiger partial charge in [0.1, 0.15) is 17.1 Å². The van der Waals surface area contributed by atoms with Crippen LogP contribution in [-0.2, 0) is 17.4 Å². The van der Waals surface area contributed by atoms with Gasteiger partial charge in [-0.15, -0.1) is 0 Å². The van der Waals surface area contributed by atoms with E-state index in [0.29, 0.717) is 31.2 Å². The van der Waals surface area contributed by atoms with Crippen LogP contribution in [0.25, 0.3) is 0 Å². The fourth-order valence-electron chi connectivity index (χ4n) is 4.78. The molecule has 0 aromatic heterocycles. The van der Waals surface area contributed by atoms with E-state index in [1.807, 2.05) is 32.0 Å². The van der Waals surface area contributed by atoms with Crippen LogP contribution >= 0.6 is 7.14 Å². The summed E-state index contributed by atoms with van der Waals surface area (Å²) in [5, 5.41) is 0. The highest BCUT2D eigenvalue weighted by molar-refractivity contribution is 7.96. The number of methoxy groups -OCH3 is 2. The summed E-state index contributed by atoms with van der Waals surface area (Å²) in [5.74, 6) is 0.551. The summed E-state index contributed by atoms with van der Waals surface area (Å²) in [5.41, 5.74) is 0.643. The molecule has 2 aromatic rings. The number of hydrogen-bond acceptors (Lipinski definition) is 5. The second-order valence-corrected chi connectivity index (χ2v) is 11.1. The molecule has 1 fully saturated rings. The van der Waals surface area contributed by atoms with E-state index >= 15 is 0 Å². The zero-order valence-electron chi connectivity index (χ0n) is 19.5. The minimum atomic E-state index is -4.02. The van der Waals surface area contributed by atoms with Crippen molar-refractivity contribution in [2.45, 2.75) is 64.5 Å². The summed E-state index contributed by atoms with van der Waals surface area (Å²) < 4.78 is 25.7. The lowest BCUT2D eigenvalue weighted by molar-refractivity contribution is 0.103. The molecular weight excluding hydrogens is 423 g/mol. The molecule has 6 heteroatoms. The number of benzene rings is 2. The van der Waals surface area contributed by atoms with Crippen molar-refractivity contribution in [1.29, 1.82) is 0 Å². The van der Waals surface area contributed by atoms with E-state index in [4.69, 9.17) is 9.47 Å². The maximum atomic E-state index is 14.8. The number of hydrogen-bond donors (Lipinski definition) is 0. The Balaban J connectivity index is 2.26. The summed E-state index contributed by atoms with van der Waals surface area (Å²) >= 11 is 0. The minimum Gasteiger partial charge on any atom is -0.496 e. The zero-order chi connectivity index (χ0) is 23.3. The Morgan fingerprint density at radius 1 is 0.812 bits per heavy atom. The standard InChI is InChI=1S/C26H33O5P/c1-5-18-12-10-13-19(6-2)23(18)25(27)32(29,20-14-8-7-9-15-20)26(28)24-21(30-3)16-11-17-22(24)31-4/h10-13,16-17,20H,5-9,14-15H2,1-4H3. The van der Waals surface area contributed by atoms with Crippen molar-refractivity contribution < 1.29 is 23.6 Å². The lowest BCUT2D eigenvalue weighted by atomic mass is 9.98. The van der Waals surface area contributed by atoms with Crippen LogP contribution in [0.1, 0.15) is 77.8 Å². The van der Waals surface area contributed by atoms with Crippen LogP contribution in [-0.4, -0.2) is 30.9 Å². The fraction of sp³-hybridized carbons (Fsp3) is 0.462. The normalized spacial score (nSPS) is 16.2. The van der Waals surface area contributed by atoms with Crippen LogP contribution in [0, 0.1) is 0 Å². The highest BCUT2D eigenvalue weighted by atomic mass is 31.2. The van der Waals surface area contributed by atoms with Gasteiger partial charge in [-0.2, -0.15) is 0 Å². The first kappa shape index (κ1) is 24.3. The molecule has 1 atom stereocenters. The van der Waals surface area contributed by atoms with Crippen molar-refractivity contribution in [2.75, 3.05) is 14.2 Å². The van der Waals surface area contributed by atoms with Gasteiger partial charge in [0.05, 0.1) is 14.2 Å². The number of carbonyl (C=O) groups excluding carboxylic acids is 2. The van der Waals surface area contributed by atoms with Crippen LogP contribution in [0.3, 0.4) is 0 Å². The van der Waals surface area contributed by atoms with Gasteiger partial charge >= 0.3 is 0 Å². The first-order valence-electron chi connectivity index (χ1n) is 11.4. The Kier molecular flexibility index (Phi) is 7.95. The predicted octanol–water partition coefficient (Wildman–Crippen LogP) is 6.51. The molecule has 0 amide bonds. The van der Waals surface area contributed by atoms with E-state index in [1.165, 1.54) is 14.2 Å². The molecule has 5 nitrogen and oxygen atoms in total. The number of carbonyl (C=O) groups is 2. The molecule has 1 aliphatic rings. The molecule has 0 saturated heterocycles. The molecule has 0 radical (unpaired) electrons. The highest BCUT2D eigenvalue weighted by Crippen LogP contribution is 2.62. The average Bonchev–Trinajstić information content (AvgIpc) is 2.86. The number of aryl methyl sites for hydroxylation is 2. The van der Waals surface area contributed by atoms with Crippen molar-refractivity contribution in [1.82, 2.24) is 0 Å². The van der Waals surface area contributed by atoms with Gasteiger partial charge in [-0.1, -0.05) is 57.4 Å². The van der Waals surface area contributed by atoms with E-state index in [-0.39, 0.29) is 17.1 Å². The Morgan fingerprint density at radius 2 is 1.28 bits per heavy atom. The summed E-state index contributed by atoms with van der Waals surface area (Å²) in [6.07, 6.45) is 5.26. The van der Waals surface area contributed by atoms with E-state index in [2.05, 4.69) is 0 Å². The summed E-state index contributed by atoms with van der Waals surface area (Å²) in [6.45, 7) is 3.95. The Morgan fingerprint density at radius 3 is 1.75 bits per heavy atom. The lowest BCUT2D eigenvalue weighted by Gasteiger charge is -2.30. The van der Waals surface area contributed by atoms with Gasteiger partial charge < -0.3 is 14.0 Å². The van der Waals surface area contributed by atoms with Gasteiger partial charge in [-0.3, -0.25) is 9.59 Å². The first-order valence-corrected chi connectivity index (χ1v) is 13.2. The van der Waals surface area contributed by atoms with Gasteiger partial charge in [-0.25, -0.2) is 0 Å². The molecule has 3 rings (SSSR count). The Labute approximate surface area is 190 Å². The Hall–Kier alpha value is -2.39. The van der Waals surface area contributed by atoms with E-state index in [1.54, 1.807) is 18.2 Å². The zero-order valence-corrected chi connectivity index (χ0v) is 20.4. The molecule has 0 spiro atoms. The van der Waals surface area contributed by atoms with Gasteiger partial charge in [0.2, 0.25) is 18.2 Å². The summed E-state index contributed by atoms with van der Waals surface area (Å²) in [4.78, 5) is 28.3. The van der Waals surface area contributed by atoms with Crippen LogP contribution in [0.5, 0.6) is 11.5 Å². The van der Waals surface area contributed by atoms with E-state index < -0.39 is 23.8 Å². The third kappa shape index (κ3) is 4.28. The fourth-order valence-corrected chi connectivity index (χ4v) is 7.89. The van der Waals surface area contributed by atoms with Crippen LogP contribution in [0.15, 0.2) is 36.4 Å². The molecule has 0 heterocycles. The second kappa shape index (κ2) is 10.5. The van der Waals surface area contributed by atoms with E-state index in [9.17, 15) is 14.2 Å². The highest BCUT2D eigenvalue weighted by Gasteiger charge is 2.50. The van der Waals surface area contributed by atoms with Crippen molar-refractivity contribution in [2.24, 2.45) is 0 Å². The van der Waals surface area contributed by atoms with E-state index in [0.717, 1.165) is 30.4 Å². The molecule has 1 unspecified atom stereocenters. The van der Waals surface area contributed by atoms with Crippen molar-refractivity contribution in [3.05, 3.63) is 58.7 Å². The third-order valence-electron chi connectivity index (χ3n) is 6.55. The van der Waals surface area contributed by atoms with Crippen LogP contribution in [0.4, 0.5) is 0 Å². The molecule has 0 N–H and O–H groups in total. The van der Waals surface area contributed by atoms with Crippen LogP contribution in [0.2, 0.25) is 0 Å². The lowest BCUT2D eigenvalue weighted by Crippen LogP contribution is -2.25. The number of rotatable bonds is 9. The van der Waals surface area contributed by atoms with Gasteiger partial charge in [-0.05, 0) is 48.9 Å². The minimum absolute atomic E-state index is 0.104. The summed E-state index contributed by atoms with van der Waals surface area (Å²) in [7, 11) is -1.10. The van der Waals surface area contributed by atoms with Crippen LogP contribution < -0.4 is 9.47 Å². The molecule has 1 aliphatic carbocycles. The second-order valence-electron chi connectivity index (χ2n) is 8.26. The Bertz CT molecular complexity index is 921. The monoisotopic (exact) mass is 456 g/mol. The van der Waals surface area contributed by atoms with Gasteiger partial charge in [0, 0.05) is 11.2 Å². The number of ether oxygens (including phenoxy) is 2. The van der Waals surface area contributed by atoms with Crippen molar-refractivity contribution in [3.8, 4) is 11.5 Å². The molecule has 32 heavy (non-hydrogen) atoms. The molecule has 0 aliphatic heterocycles. The van der Waals surface area contributed by atoms with Crippen molar-refractivity contribution >= 4 is 18.2 Å². The summed E-state index contributed by atoms with van der Waals surface area (Å²) in [6, 6.07) is 10.7. The quantitative estimate of drug-likeness (QED) is 0.403. The maximum Gasteiger partial charge on any atom is 0.236 e. The van der Waals surface area contributed by atoms with Gasteiger partial charge in [0.25, 0.3) is 0 Å². The third-order valence-corrected chi connectivity index (χ3v) is 9.75. The first-order chi connectivity index (χ1) is 15.4. The largest absolute Gasteiger partial charge is 0.496 e. The smallest absolute Gasteiger partial charge is 0.236 e. The van der Waals surface area contributed by atoms with Gasteiger partial charge in [0.15, 0.2) is 0 Å². The molecule has 1 saturated carbocycles. The maximum absolute atomic E-state index is 14.8. The van der Waals surface area contributed by atoms with Crippen molar-refractivity contribution in [3.63, 3.8) is 0 Å².